The zero-order valence-corrected chi connectivity index (χ0v) is 20.0. The number of hydrogen-bond acceptors (Lipinski definition) is 0. The predicted molar refractivity (Wildman–Crippen MR) is 95.5 cm³/mol. The molecule has 0 saturated heterocycles. The Morgan fingerprint density at radius 1 is 0.778 bits per heavy atom. The van der Waals surface area contributed by atoms with Gasteiger partial charge >= 0.3 is 0 Å². The minimum Gasteiger partial charge on any atom is -0.115 e. The lowest BCUT2D eigenvalue weighted by Gasteiger charge is -2.52. The molecule has 0 aliphatic heterocycles. The van der Waals surface area contributed by atoms with Crippen molar-refractivity contribution in [2.24, 2.45) is 10.8 Å². The molecule has 0 amide bonds. The molecule has 0 spiro atoms. The van der Waals surface area contributed by atoms with Crippen molar-refractivity contribution in [1.29, 1.82) is 0 Å². The fraction of sp³-hybridized carbons (Fsp3) is 0.600. The molecule has 0 N–H and O–H groups in total. The summed E-state index contributed by atoms with van der Waals surface area (Å²) in [6.45, 7) is 16.7. The highest BCUT2D eigenvalue weighted by atomic mass is 28.2. The maximum atomic E-state index is 2.50. The van der Waals surface area contributed by atoms with Gasteiger partial charge in [0.2, 0.25) is 0 Å². The van der Waals surface area contributed by atoms with Crippen molar-refractivity contribution in [2.75, 3.05) is 0 Å². The Hall–Kier alpha value is -0.129. The Labute approximate surface area is 122 Å². The summed E-state index contributed by atoms with van der Waals surface area (Å²) in [6, 6.07) is 0. The second kappa shape index (κ2) is 4.76. The van der Waals surface area contributed by atoms with Crippen LogP contribution < -0.4 is 0 Å². The number of allylic oxidation sites excluding steroid dienone is 5. The van der Waals surface area contributed by atoms with Crippen LogP contribution in [0.2, 0.25) is 0 Å². The maximum Gasteiger partial charge on any atom is 0.0333 e. The molecule has 3 heteroatoms. The Balaban J connectivity index is 3.71. The van der Waals surface area contributed by atoms with E-state index in [4.69, 9.17) is 0 Å². The number of rotatable bonds is 1. The van der Waals surface area contributed by atoms with Crippen LogP contribution in [0.5, 0.6) is 0 Å². The molecule has 0 radical (unpaired) electrons. The van der Waals surface area contributed by atoms with Gasteiger partial charge in [0, 0.05) is 36.1 Å². The Bertz CT molecular complexity index is 474. The van der Waals surface area contributed by atoms with Crippen molar-refractivity contribution in [1.82, 2.24) is 0 Å². The smallest absolute Gasteiger partial charge is 0.0333 e. The SMILES string of the molecule is CC1=C(C)C(C)(C)C(C)(C([SiH3])=C([SiH3])[SiH3])C(C)=C1C. The van der Waals surface area contributed by atoms with E-state index in [1.54, 1.807) is 21.2 Å². The van der Waals surface area contributed by atoms with Crippen molar-refractivity contribution in [3.05, 3.63) is 32.3 Å². The summed E-state index contributed by atoms with van der Waals surface area (Å²) in [7, 11) is 3.73. The van der Waals surface area contributed by atoms with E-state index >= 15 is 0 Å². The first kappa shape index (κ1) is 15.9. The van der Waals surface area contributed by atoms with Crippen LogP contribution >= 0.6 is 0 Å². The van der Waals surface area contributed by atoms with Crippen LogP contribution in [0.1, 0.15) is 48.5 Å². The van der Waals surface area contributed by atoms with Gasteiger partial charge in [-0.25, -0.2) is 0 Å². The molecule has 1 unspecified atom stereocenters. The van der Waals surface area contributed by atoms with Crippen molar-refractivity contribution < 1.29 is 0 Å². The molecule has 1 aliphatic rings. The second-order valence-corrected chi connectivity index (χ2v) is 12.9. The zero-order valence-electron chi connectivity index (χ0n) is 14.0. The van der Waals surface area contributed by atoms with Gasteiger partial charge in [-0.2, -0.15) is 0 Å². The normalized spacial score (nSPS) is 28.2. The summed E-state index contributed by atoms with van der Waals surface area (Å²) in [6.07, 6.45) is 0. The molecular weight excluding hydrogens is 264 g/mol. The third kappa shape index (κ3) is 1.91. The third-order valence-electron chi connectivity index (χ3n) is 6.12. The molecule has 0 aromatic heterocycles. The van der Waals surface area contributed by atoms with Gasteiger partial charge in [0.25, 0.3) is 0 Å². The van der Waals surface area contributed by atoms with Crippen LogP contribution in [0.25, 0.3) is 0 Å². The van der Waals surface area contributed by atoms with Gasteiger partial charge < -0.3 is 0 Å². The largest absolute Gasteiger partial charge is 0.115 e. The standard InChI is InChI=1S/C15H30Si3/c1-8-9(2)11(4)15(7,12(16)13(17)18)14(5,6)10(8)3/h1-7,16-18H3. The van der Waals surface area contributed by atoms with Gasteiger partial charge in [-0.1, -0.05) is 37.1 Å². The lowest BCUT2D eigenvalue weighted by Crippen LogP contribution is -2.43. The lowest BCUT2D eigenvalue weighted by atomic mass is 9.55. The molecule has 0 aromatic rings. The van der Waals surface area contributed by atoms with Crippen LogP contribution in [-0.2, 0) is 0 Å². The Morgan fingerprint density at radius 2 is 1.17 bits per heavy atom. The summed E-state index contributed by atoms with van der Waals surface area (Å²) < 4.78 is 0. The highest BCUT2D eigenvalue weighted by molar-refractivity contribution is 6.52. The minimum absolute atomic E-state index is 0.262. The summed E-state index contributed by atoms with van der Waals surface area (Å²) in [4.78, 5) is 1.79. The molecule has 0 aromatic carbocycles. The van der Waals surface area contributed by atoms with Gasteiger partial charge in [-0.05, 0) is 44.3 Å². The van der Waals surface area contributed by atoms with Gasteiger partial charge in [-0.3, -0.25) is 0 Å². The topological polar surface area (TPSA) is 0 Å². The minimum atomic E-state index is 0.262. The van der Waals surface area contributed by atoms with E-state index in [0.717, 1.165) is 0 Å². The molecule has 1 atom stereocenters. The highest BCUT2D eigenvalue weighted by Gasteiger charge is 2.48. The first-order valence-corrected chi connectivity index (χ1v) is 10.0. The van der Waals surface area contributed by atoms with E-state index in [-0.39, 0.29) is 10.8 Å². The zero-order chi connectivity index (χ0) is 14.5. The van der Waals surface area contributed by atoms with E-state index in [2.05, 4.69) is 48.5 Å². The van der Waals surface area contributed by atoms with Crippen LogP contribution in [0.15, 0.2) is 32.3 Å². The molecule has 0 nitrogen and oxygen atoms in total. The van der Waals surface area contributed by atoms with E-state index in [1.807, 2.05) is 0 Å². The van der Waals surface area contributed by atoms with Gasteiger partial charge in [0.15, 0.2) is 0 Å². The summed E-state index contributed by atoms with van der Waals surface area (Å²) in [5.74, 6) is 0. The van der Waals surface area contributed by atoms with Crippen molar-refractivity contribution >= 4 is 30.7 Å². The first-order valence-electron chi connectivity index (χ1n) is 7.00. The number of hydrogen-bond donors (Lipinski definition) is 0. The molecule has 18 heavy (non-hydrogen) atoms. The van der Waals surface area contributed by atoms with Gasteiger partial charge in [0.05, 0.1) is 0 Å². The fourth-order valence-electron chi connectivity index (χ4n) is 3.50. The molecule has 1 aliphatic carbocycles. The second-order valence-electron chi connectivity index (χ2n) is 6.88. The maximum absolute atomic E-state index is 2.50. The lowest BCUT2D eigenvalue weighted by molar-refractivity contribution is 0.220. The van der Waals surface area contributed by atoms with Gasteiger partial charge in [-0.15, -0.1) is 4.82 Å². The molecule has 1 rings (SSSR count). The quantitative estimate of drug-likeness (QED) is 0.632. The van der Waals surface area contributed by atoms with Crippen LogP contribution in [-0.4, -0.2) is 30.7 Å². The first-order chi connectivity index (χ1) is 7.99. The average molecular weight is 295 g/mol. The van der Waals surface area contributed by atoms with Crippen LogP contribution in [0.4, 0.5) is 0 Å². The fourth-order valence-corrected chi connectivity index (χ4v) is 5.50. The molecule has 0 fully saturated rings. The average Bonchev–Trinajstić information content (AvgIpc) is 2.31. The van der Waals surface area contributed by atoms with Crippen molar-refractivity contribution in [3.8, 4) is 0 Å². The summed E-state index contributed by atoms with van der Waals surface area (Å²) >= 11 is 0. The van der Waals surface area contributed by atoms with Crippen molar-refractivity contribution in [3.63, 3.8) is 0 Å². The monoisotopic (exact) mass is 294 g/mol. The van der Waals surface area contributed by atoms with Crippen LogP contribution in [0.3, 0.4) is 0 Å². The van der Waals surface area contributed by atoms with E-state index in [9.17, 15) is 0 Å². The molecule has 0 saturated carbocycles. The Morgan fingerprint density at radius 3 is 1.56 bits per heavy atom. The molecular formula is C15H30Si3. The highest BCUT2D eigenvalue weighted by Crippen LogP contribution is 2.58. The predicted octanol–water partition coefficient (Wildman–Crippen LogP) is 0.971. The molecule has 102 valence electrons. The van der Waals surface area contributed by atoms with Crippen molar-refractivity contribution in [2.45, 2.75) is 48.5 Å². The Kier molecular flexibility index (Phi) is 4.21. The third-order valence-corrected chi connectivity index (χ3v) is 11.6. The molecule has 0 heterocycles. The molecule has 0 bridgehead atoms. The van der Waals surface area contributed by atoms with E-state index in [0.29, 0.717) is 0 Å². The van der Waals surface area contributed by atoms with E-state index < -0.39 is 0 Å². The summed E-state index contributed by atoms with van der Waals surface area (Å²) in [5.41, 5.74) is 6.79. The van der Waals surface area contributed by atoms with Crippen LogP contribution in [0, 0.1) is 10.8 Å². The summed E-state index contributed by atoms with van der Waals surface area (Å²) in [5, 5.41) is 1.79. The van der Waals surface area contributed by atoms with Gasteiger partial charge in [0.1, 0.15) is 0 Å². The van der Waals surface area contributed by atoms with E-state index in [1.165, 1.54) is 41.9 Å².